The Hall–Kier alpha value is -1.69. The van der Waals surface area contributed by atoms with Crippen molar-refractivity contribution >= 4 is 5.91 Å². The van der Waals surface area contributed by atoms with Crippen LogP contribution in [0.1, 0.15) is 19.3 Å². The quantitative estimate of drug-likeness (QED) is 0.785. The van der Waals surface area contributed by atoms with Gasteiger partial charge in [-0.1, -0.05) is 6.07 Å². The van der Waals surface area contributed by atoms with Crippen LogP contribution in [0.2, 0.25) is 0 Å². The second-order valence-corrected chi connectivity index (χ2v) is 5.11. The largest absolute Gasteiger partial charge is 0.472 e. The second-order valence-electron chi connectivity index (χ2n) is 5.11. The van der Waals surface area contributed by atoms with E-state index in [-0.39, 0.29) is 24.0 Å². The number of carbonyl (C=O) groups is 1. The average molecular weight is 280 g/mol. The molecule has 1 amide bonds. The number of nitrogens with zero attached hydrogens (tertiary/aromatic N) is 2. The fourth-order valence-corrected chi connectivity index (χ4v) is 2.63. The van der Waals surface area contributed by atoms with Gasteiger partial charge in [0.05, 0.1) is 6.54 Å². The molecule has 1 aromatic rings. The Bertz CT molecular complexity index is 491. The number of ether oxygens (including phenoxy) is 2. The number of halogens is 1. The van der Waals surface area contributed by atoms with E-state index in [0.29, 0.717) is 19.7 Å². The smallest absolute Gasteiger partial charge is 0.251 e. The van der Waals surface area contributed by atoms with Gasteiger partial charge in [-0.2, -0.15) is 9.37 Å². The Morgan fingerprint density at radius 2 is 2.35 bits per heavy atom. The van der Waals surface area contributed by atoms with E-state index in [1.54, 1.807) is 17.0 Å². The fourth-order valence-electron chi connectivity index (χ4n) is 2.63. The van der Waals surface area contributed by atoms with Crippen molar-refractivity contribution in [1.29, 1.82) is 0 Å². The third-order valence-corrected chi connectivity index (χ3v) is 3.64. The number of pyridine rings is 1. The first-order chi connectivity index (χ1) is 9.72. The maximum absolute atomic E-state index is 13.0. The SMILES string of the molecule is O=C(C1CCCO1)N1CCC(Oc2cccc(F)n2)C1. The zero-order chi connectivity index (χ0) is 13.9. The standard InChI is InChI=1S/C14H17FN2O3/c15-12-4-1-5-13(16-12)20-10-6-7-17(9-10)14(18)11-3-2-8-19-11/h1,4-5,10-11H,2-3,6-9H2. The van der Waals surface area contributed by atoms with E-state index in [2.05, 4.69) is 4.98 Å². The van der Waals surface area contributed by atoms with E-state index in [9.17, 15) is 9.18 Å². The molecule has 6 heteroatoms. The van der Waals surface area contributed by atoms with E-state index < -0.39 is 5.95 Å². The minimum atomic E-state index is -0.562. The summed E-state index contributed by atoms with van der Waals surface area (Å²) < 4.78 is 24.0. The van der Waals surface area contributed by atoms with Crippen molar-refractivity contribution in [1.82, 2.24) is 9.88 Å². The van der Waals surface area contributed by atoms with Crippen molar-refractivity contribution in [3.63, 3.8) is 0 Å². The van der Waals surface area contributed by atoms with Crippen molar-refractivity contribution < 1.29 is 18.7 Å². The summed E-state index contributed by atoms with van der Waals surface area (Å²) >= 11 is 0. The first-order valence-corrected chi connectivity index (χ1v) is 6.92. The van der Waals surface area contributed by atoms with Gasteiger partial charge in [0, 0.05) is 25.6 Å². The Morgan fingerprint density at radius 3 is 3.10 bits per heavy atom. The molecule has 2 unspecified atom stereocenters. The molecule has 3 rings (SSSR count). The van der Waals surface area contributed by atoms with E-state index in [1.807, 2.05) is 0 Å². The zero-order valence-corrected chi connectivity index (χ0v) is 11.1. The number of amides is 1. The van der Waals surface area contributed by atoms with E-state index in [1.165, 1.54) is 6.07 Å². The van der Waals surface area contributed by atoms with Crippen LogP contribution >= 0.6 is 0 Å². The minimum Gasteiger partial charge on any atom is -0.472 e. The molecule has 0 N–H and O–H groups in total. The molecule has 5 nitrogen and oxygen atoms in total. The number of rotatable bonds is 3. The lowest BCUT2D eigenvalue weighted by molar-refractivity contribution is -0.140. The summed E-state index contributed by atoms with van der Waals surface area (Å²) in [7, 11) is 0. The molecule has 3 heterocycles. The van der Waals surface area contributed by atoms with Crippen LogP contribution in [0.15, 0.2) is 18.2 Å². The maximum atomic E-state index is 13.0. The van der Waals surface area contributed by atoms with Crippen LogP contribution in [0.5, 0.6) is 5.88 Å². The predicted molar refractivity (Wildman–Crippen MR) is 68.8 cm³/mol. The highest BCUT2D eigenvalue weighted by Gasteiger charge is 2.33. The first kappa shape index (κ1) is 13.3. The second kappa shape index (κ2) is 5.75. The zero-order valence-electron chi connectivity index (χ0n) is 11.1. The summed E-state index contributed by atoms with van der Waals surface area (Å²) in [5, 5.41) is 0. The predicted octanol–water partition coefficient (Wildman–Crippen LogP) is 1.38. The van der Waals surface area contributed by atoms with Gasteiger partial charge >= 0.3 is 0 Å². The van der Waals surface area contributed by atoms with Gasteiger partial charge in [-0.05, 0) is 18.9 Å². The fraction of sp³-hybridized carbons (Fsp3) is 0.571. The van der Waals surface area contributed by atoms with Crippen LogP contribution in [-0.2, 0) is 9.53 Å². The third-order valence-electron chi connectivity index (χ3n) is 3.64. The summed E-state index contributed by atoms with van der Waals surface area (Å²) in [5.74, 6) is -0.255. The number of hydrogen-bond donors (Lipinski definition) is 0. The summed E-state index contributed by atoms with van der Waals surface area (Å²) in [6, 6.07) is 4.45. The van der Waals surface area contributed by atoms with Crippen molar-refractivity contribution in [3.05, 3.63) is 24.1 Å². The van der Waals surface area contributed by atoms with Gasteiger partial charge in [0.1, 0.15) is 12.2 Å². The Kier molecular flexibility index (Phi) is 3.82. The molecule has 20 heavy (non-hydrogen) atoms. The van der Waals surface area contributed by atoms with E-state index in [4.69, 9.17) is 9.47 Å². The minimum absolute atomic E-state index is 0.0424. The highest BCUT2D eigenvalue weighted by atomic mass is 19.1. The van der Waals surface area contributed by atoms with Crippen LogP contribution in [0.4, 0.5) is 4.39 Å². The topological polar surface area (TPSA) is 51.7 Å². The highest BCUT2D eigenvalue weighted by Crippen LogP contribution is 2.21. The molecule has 1 aromatic heterocycles. The Labute approximate surface area is 116 Å². The van der Waals surface area contributed by atoms with Crippen molar-refractivity contribution in [3.8, 4) is 5.88 Å². The molecule has 2 atom stereocenters. The third kappa shape index (κ3) is 2.90. The molecular formula is C14H17FN2O3. The summed E-state index contributed by atoms with van der Waals surface area (Å²) in [6.45, 7) is 1.83. The van der Waals surface area contributed by atoms with Crippen LogP contribution in [0, 0.1) is 5.95 Å². The molecule has 2 saturated heterocycles. The molecule has 0 saturated carbocycles. The van der Waals surface area contributed by atoms with Crippen molar-refractivity contribution in [2.24, 2.45) is 0 Å². The number of carbonyl (C=O) groups excluding carboxylic acids is 1. The molecule has 0 radical (unpaired) electrons. The lowest BCUT2D eigenvalue weighted by Crippen LogP contribution is -2.38. The highest BCUT2D eigenvalue weighted by molar-refractivity contribution is 5.81. The molecule has 0 spiro atoms. The summed E-state index contributed by atoms with van der Waals surface area (Å²) in [6.07, 6.45) is 2.05. The lowest BCUT2D eigenvalue weighted by Gasteiger charge is -2.20. The molecule has 0 aliphatic carbocycles. The van der Waals surface area contributed by atoms with E-state index in [0.717, 1.165) is 19.3 Å². The molecular weight excluding hydrogens is 263 g/mol. The van der Waals surface area contributed by atoms with Crippen LogP contribution in [0.3, 0.4) is 0 Å². The van der Waals surface area contributed by atoms with Gasteiger partial charge in [-0.25, -0.2) is 0 Å². The summed E-state index contributed by atoms with van der Waals surface area (Å²) in [4.78, 5) is 17.6. The van der Waals surface area contributed by atoms with Crippen LogP contribution in [-0.4, -0.2) is 47.7 Å². The molecule has 2 aliphatic rings. The first-order valence-electron chi connectivity index (χ1n) is 6.92. The van der Waals surface area contributed by atoms with E-state index >= 15 is 0 Å². The lowest BCUT2D eigenvalue weighted by atomic mass is 10.2. The average Bonchev–Trinajstić information content (AvgIpc) is 3.09. The van der Waals surface area contributed by atoms with Gasteiger partial charge in [-0.15, -0.1) is 0 Å². The number of likely N-dealkylation sites (tertiary alicyclic amines) is 1. The molecule has 2 aliphatic heterocycles. The monoisotopic (exact) mass is 280 g/mol. The number of hydrogen-bond acceptors (Lipinski definition) is 4. The number of aromatic nitrogens is 1. The molecule has 0 aromatic carbocycles. The van der Waals surface area contributed by atoms with Crippen molar-refractivity contribution in [2.75, 3.05) is 19.7 Å². The van der Waals surface area contributed by atoms with Gasteiger partial charge in [0.25, 0.3) is 5.91 Å². The summed E-state index contributed by atoms with van der Waals surface area (Å²) in [5.41, 5.74) is 0. The van der Waals surface area contributed by atoms with Gasteiger partial charge in [0.2, 0.25) is 11.8 Å². The molecule has 0 bridgehead atoms. The Morgan fingerprint density at radius 1 is 1.45 bits per heavy atom. The molecule has 108 valence electrons. The molecule has 2 fully saturated rings. The van der Waals surface area contributed by atoms with Crippen LogP contribution < -0.4 is 4.74 Å². The van der Waals surface area contributed by atoms with Gasteiger partial charge in [-0.3, -0.25) is 4.79 Å². The van der Waals surface area contributed by atoms with Gasteiger partial charge in [0.15, 0.2) is 0 Å². The van der Waals surface area contributed by atoms with Gasteiger partial charge < -0.3 is 14.4 Å². The van der Waals surface area contributed by atoms with Crippen LogP contribution in [0.25, 0.3) is 0 Å². The van der Waals surface area contributed by atoms with Crippen molar-refractivity contribution in [2.45, 2.75) is 31.5 Å². The Balaban J connectivity index is 1.55. The normalized spacial score (nSPS) is 25.9. The maximum Gasteiger partial charge on any atom is 0.251 e.